The number of rotatable bonds is 3. The Balaban J connectivity index is 0.000000312. The molecule has 2 aliphatic carbocycles. The third-order valence-corrected chi connectivity index (χ3v) is 8.38. The number of aryl methyl sites for hydroxylation is 2. The lowest BCUT2D eigenvalue weighted by molar-refractivity contribution is 0.0591. The van der Waals surface area contributed by atoms with Crippen LogP contribution in [-0.4, -0.2) is 37.0 Å². The standard InChI is InChI=1S/C20H18ClNO3.C12H15NO2.CH4.CH3.HI/c1-25-20(24)13-9-8-12-4-3-7-17(15(12)10-13)22-11-14-5-2-6-16(21)18(14)19(22)23;1-15-12(14)9-6-5-8-3-2-4-11(13)10(8)7-9;;;/h2,5-6,8-10,17H,3-4,7,11H2,1H3;5-7,11H,2-4,13H2,1H3;1H4;1H3;1H/q;;;-1;/t17-;11-;;;/m00.../s1. The van der Waals surface area contributed by atoms with E-state index in [0.29, 0.717) is 28.3 Å². The third-order valence-electron chi connectivity index (χ3n) is 8.07. The first-order valence-corrected chi connectivity index (χ1v) is 14.0. The summed E-state index contributed by atoms with van der Waals surface area (Å²) < 4.78 is 9.52. The average molecular weight is 720 g/mol. The van der Waals surface area contributed by atoms with E-state index < -0.39 is 0 Å². The highest BCUT2D eigenvalue weighted by atomic mass is 127. The molecule has 232 valence electrons. The van der Waals surface area contributed by atoms with Crippen LogP contribution >= 0.6 is 35.6 Å². The van der Waals surface area contributed by atoms with Gasteiger partial charge >= 0.3 is 11.9 Å². The smallest absolute Gasteiger partial charge is 0.337 e. The molecule has 1 aliphatic heterocycles. The van der Waals surface area contributed by atoms with Crippen LogP contribution in [0.15, 0.2) is 54.6 Å². The summed E-state index contributed by atoms with van der Waals surface area (Å²) in [6.45, 7) is 0.557. The Kier molecular flexibility index (Phi) is 13.2. The largest absolute Gasteiger partial charge is 0.465 e. The quantitative estimate of drug-likeness (QED) is 0.170. The summed E-state index contributed by atoms with van der Waals surface area (Å²) in [5.74, 6) is -0.677. The van der Waals surface area contributed by atoms with Crippen LogP contribution in [0.25, 0.3) is 0 Å². The van der Waals surface area contributed by atoms with E-state index in [-0.39, 0.29) is 68.8 Å². The van der Waals surface area contributed by atoms with Crippen LogP contribution in [0.2, 0.25) is 5.02 Å². The summed E-state index contributed by atoms with van der Waals surface area (Å²) in [6.07, 6.45) is 6.05. The summed E-state index contributed by atoms with van der Waals surface area (Å²) in [5, 5.41) is 0.504. The maximum Gasteiger partial charge on any atom is 0.337 e. The van der Waals surface area contributed by atoms with Gasteiger partial charge in [-0.3, -0.25) is 4.79 Å². The molecule has 0 spiro atoms. The summed E-state index contributed by atoms with van der Waals surface area (Å²) in [6, 6.07) is 16.9. The Bertz CT molecular complexity index is 1480. The van der Waals surface area contributed by atoms with E-state index in [9.17, 15) is 14.4 Å². The van der Waals surface area contributed by atoms with Gasteiger partial charge in [-0.1, -0.05) is 43.3 Å². The summed E-state index contributed by atoms with van der Waals surface area (Å²) in [4.78, 5) is 38.1. The molecule has 3 aliphatic rings. The highest BCUT2D eigenvalue weighted by Gasteiger charge is 2.37. The van der Waals surface area contributed by atoms with Gasteiger partial charge in [0.25, 0.3) is 5.91 Å². The molecule has 3 aromatic rings. The number of ether oxygens (including phenoxy) is 2. The zero-order valence-electron chi connectivity index (χ0n) is 24.2. The van der Waals surface area contributed by atoms with Crippen LogP contribution in [0.5, 0.6) is 0 Å². The molecule has 0 aromatic heterocycles. The molecule has 43 heavy (non-hydrogen) atoms. The van der Waals surface area contributed by atoms with Crippen molar-refractivity contribution in [3.05, 3.63) is 112 Å². The van der Waals surface area contributed by atoms with Gasteiger partial charge in [0.2, 0.25) is 0 Å². The second kappa shape index (κ2) is 15.7. The highest BCUT2D eigenvalue weighted by Crippen LogP contribution is 2.41. The number of benzene rings is 3. The van der Waals surface area contributed by atoms with Gasteiger partial charge in [0.15, 0.2) is 0 Å². The Morgan fingerprint density at radius 1 is 0.860 bits per heavy atom. The van der Waals surface area contributed by atoms with Gasteiger partial charge in [-0.15, -0.1) is 24.0 Å². The van der Waals surface area contributed by atoms with Gasteiger partial charge in [-0.05, 0) is 96.7 Å². The summed E-state index contributed by atoms with van der Waals surface area (Å²) in [5.41, 5.74) is 13.3. The van der Waals surface area contributed by atoms with Crippen molar-refractivity contribution in [3.8, 4) is 0 Å². The fourth-order valence-electron chi connectivity index (χ4n) is 6.01. The van der Waals surface area contributed by atoms with Crippen molar-refractivity contribution < 1.29 is 23.9 Å². The molecule has 1 heterocycles. The van der Waals surface area contributed by atoms with Gasteiger partial charge in [-0.2, -0.15) is 0 Å². The maximum atomic E-state index is 13.0. The zero-order valence-corrected chi connectivity index (χ0v) is 27.2. The van der Waals surface area contributed by atoms with Crippen LogP contribution < -0.4 is 5.73 Å². The SMILES string of the molecule is C.COC(=O)c1ccc2c(c1)[C@@H](N)CCC2.COC(=O)c1ccc2c(c1)[C@@H](N1Cc3cccc(Cl)c3C1=O)CCC2.I.[CH3-]. The normalized spacial score (nSPS) is 17.7. The molecule has 6 rings (SSSR count). The van der Waals surface area contributed by atoms with E-state index in [2.05, 4.69) is 4.74 Å². The molecule has 1 amide bonds. The number of hydrogen-bond donors (Lipinski definition) is 1. The number of fused-ring (bicyclic) bond motifs is 3. The van der Waals surface area contributed by atoms with Crippen molar-refractivity contribution in [1.29, 1.82) is 0 Å². The number of hydrogen-bond acceptors (Lipinski definition) is 6. The van der Waals surface area contributed by atoms with Crippen molar-refractivity contribution in [2.75, 3.05) is 14.2 Å². The molecule has 3 aromatic carbocycles. The molecule has 0 radical (unpaired) electrons. The van der Waals surface area contributed by atoms with Crippen LogP contribution in [-0.2, 0) is 28.9 Å². The molecule has 0 unspecified atom stereocenters. The second-order valence-electron chi connectivity index (χ2n) is 10.4. The number of halogens is 2. The van der Waals surface area contributed by atoms with Crippen molar-refractivity contribution in [2.45, 2.75) is 64.6 Å². The number of carbonyl (C=O) groups is 3. The number of amides is 1. The van der Waals surface area contributed by atoms with Crippen molar-refractivity contribution in [2.24, 2.45) is 5.73 Å². The molecule has 2 N–H and O–H groups in total. The van der Waals surface area contributed by atoms with E-state index >= 15 is 0 Å². The highest BCUT2D eigenvalue weighted by molar-refractivity contribution is 14.0. The van der Waals surface area contributed by atoms with Gasteiger partial charge < -0.3 is 27.5 Å². The fraction of sp³-hybridized carbons (Fsp3) is 0.353. The van der Waals surface area contributed by atoms with Crippen molar-refractivity contribution >= 4 is 53.4 Å². The van der Waals surface area contributed by atoms with E-state index in [1.54, 1.807) is 12.1 Å². The predicted molar refractivity (Wildman–Crippen MR) is 181 cm³/mol. The number of methoxy groups -OCH3 is 2. The number of esters is 2. The van der Waals surface area contributed by atoms with Crippen LogP contribution in [0.4, 0.5) is 0 Å². The summed E-state index contributed by atoms with van der Waals surface area (Å²) >= 11 is 6.25. The predicted octanol–water partition coefficient (Wildman–Crippen LogP) is 7.67. The maximum absolute atomic E-state index is 13.0. The lowest BCUT2D eigenvalue weighted by atomic mass is 9.85. The van der Waals surface area contributed by atoms with Gasteiger partial charge in [0.1, 0.15) is 0 Å². The molecule has 0 bridgehead atoms. The first-order valence-electron chi connectivity index (χ1n) is 13.6. The Morgan fingerprint density at radius 3 is 2.00 bits per heavy atom. The first kappa shape index (κ1) is 36.2. The zero-order chi connectivity index (χ0) is 28.4. The Hall–Kier alpha value is -2.95. The molecule has 7 nitrogen and oxygen atoms in total. The van der Waals surface area contributed by atoms with Gasteiger partial charge in [-0.25, -0.2) is 9.59 Å². The second-order valence-corrected chi connectivity index (χ2v) is 10.8. The van der Waals surface area contributed by atoms with Crippen LogP contribution in [0.1, 0.15) is 104 Å². The topological polar surface area (TPSA) is 98.9 Å². The fourth-order valence-corrected chi connectivity index (χ4v) is 6.29. The number of nitrogens with two attached hydrogens (primary N) is 1. The molecular weight excluding hydrogens is 679 g/mol. The van der Waals surface area contributed by atoms with Gasteiger partial charge in [0.05, 0.1) is 42.0 Å². The van der Waals surface area contributed by atoms with E-state index in [4.69, 9.17) is 22.1 Å². The van der Waals surface area contributed by atoms with E-state index in [0.717, 1.165) is 55.2 Å². The molecule has 2 atom stereocenters. The molecular formula is C34H41ClIN2O5-. The Morgan fingerprint density at radius 2 is 1.42 bits per heavy atom. The minimum absolute atomic E-state index is 0. The number of carbonyl (C=O) groups excluding carboxylic acids is 3. The summed E-state index contributed by atoms with van der Waals surface area (Å²) in [7, 11) is 2.77. The molecule has 0 fully saturated rings. The minimum Gasteiger partial charge on any atom is -0.465 e. The van der Waals surface area contributed by atoms with E-state index in [1.165, 1.54) is 25.3 Å². The van der Waals surface area contributed by atoms with Gasteiger partial charge in [0, 0.05) is 12.6 Å². The average Bonchev–Trinajstić information content (AvgIpc) is 3.33. The van der Waals surface area contributed by atoms with Crippen molar-refractivity contribution in [1.82, 2.24) is 4.90 Å². The van der Waals surface area contributed by atoms with Crippen molar-refractivity contribution in [3.63, 3.8) is 0 Å². The minimum atomic E-state index is -0.355. The molecule has 9 heteroatoms. The Labute approximate surface area is 277 Å². The third kappa shape index (κ3) is 7.41. The number of nitrogens with zero attached hydrogens (tertiary/aromatic N) is 1. The van der Waals surface area contributed by atoms with Crippen LogP contribution in [0, 0.1) is 7.43 Å². The molecule has 0 saturated heterocycles. The lowest BCUT2D eigenvalue weighted by Gasteiger charge is -2.33. The lowest BCUT2D eigenvalue weighted by Crippen LogP contribution is -2.32. The first-order chi connectivity index (χ1) is 19.3. The molecule has 0 saturated carbocycles. The van der Waals surface area contributed by atoms with Crippen LogP contribution in [0.3, 0.4) is 0 Å². The van der Waals surface area contributed by atoms with E-state index in [1.807, 2.05) is 47.4 Å². The monoisotopic (exact) mass is 719 g/mol.